The normalized spacial score (nSPS) is 14.8. The van der Waals surface area contributed by atoms with Crippen LogP contribution in [0, 0.1) is 0 Å². The summed E-state index contributed by atoms with van der Waals surface area (Å²) in [7, 11) is 1.59. The fraction of sp³-hybridized carbons (Fsp3) is 0.385. The van der Waals surface area contributed by atoms with Gasteiger partial charge in [-0.2, -0.15) is 0 Å². The minimum absolute atomic E-state index is 0.0611. The number of carbonyl (C=O) groups excluding carboxylic acids is 2. The van der Waals surface area contributed by atoms with Crippen LogP contribution in [0.1, 0.15) is 33.6 Å². The minimum atomic E-state index is -0.134. The van der Waals surface area contributed by atoms with E-state index in [1.54, 1.807) is 31.3 Å². The topological polar surface area (TPSA) is 49.4 Å². The summed E-state index contributed by atoms with van der Waals surface area (Å²) in [5.74, 6) is -0.0730. The molecule has 4 nitrogen and oxygen atoms in total. The molecule has 1 aromatic carbocycles. The third-order valence-electron chi connectivity index (χ3n) is 3.01. The molecule has 1 aliphatic rings. The van der Waals surface area contributed by atoms with E-state index in [0.717, 1.165) is 25.9 Å². The average molecular weight is 232 g/mol. The first-order valence-corrected chi connectivity index (χ1v) is 5.84. The molecule has 0 aromatic heterocycles. The Kier molecular flexibility index (Phi) is 3.42. The van der Waals surface area contributed by atoms with Crippen LogP contribution in [-0.2, 0) is 0 Å². The highest BCUT2D eigenvalue weighted by molar-refractivity contribution is 5.97. The zero-order valence-electron chi connectivity index (χ0n) is 9.90. The molecule has 0 saturated carbocycles. The van der Waals surface area contributed by atoms with E-state index in [0.29, 0.717) is 11.1 Å². The van der Waals surface area contributed by atoms with Gasteiger partial charge in [0.15, 0.2) is 0 Å². The molecule has 0 atom stereocenters. The maximum atomic E-state index is 12.0. The molecule has 1 saturated heterocycles. The van der Waals surface area contributed by atoms with E-state index in [9.17, 15) is 9.59 Å². The van der Waals surface area contributed by atoms with E-state index in [2.05, 4.69) is 5.32 Å². The molecule has 0 aliphatic carbocycles. The lowest BCUT2D eigenvalue weighted by molar-refractivity contribution is 0.0792. The minimum Gasteiger partial charge on any atom is -0.355 e. The van der Waals surface area contributed by atoms with Crippen molar-refractivity contribution in [3.63, 3.8) is 0 Å². The first-order valence-electron chi connectivity index (χ1n) is 5.84. The lowest BCUT2D eigenvalue weighted by atomic mass is 10.1. The summed E-state index contributed by atoms with van der Waals surface area (Å²) >= 11 is 0. The van der Waals surface area contributed by atoms with Crippen LogP contribution >= 0.6 is 0 Å². The molecule has 1 N–H and O–H groups in total. The van der Waals surface area contributed by atoms with Crippen LogP contribution in [-0.4, -0.2) is 36.9 Å². The van der Waals surface area contributed by atoms with Crippen LogP contribution in [0.5, 0.6) is 0 Å². The second-order valence-electron chi connectivity index (χ2n) is 4.16. The van der Waals surface area contributed by atoms with Crippen molar-refractivity contribution in [2.75, 3.05) is 20.1 Å². The molecule has 1 heterocycles. The van der Waals surface area contributed by atoms with E-state index in [1.165, 1.54) is 0 Å². The Morgan fingerprint density at radius 3 is 2.12 bits per heavy atom. The van der Waals surface area contributed by atoms with Crippen LogP contribution in [0.4, 0.5) is 0 Å². The SMILES string of the molecule is CNC(=O)c1ccc(C(=O)N2CCCC2)cc1. The summed E-state index contributed by atoms with van der Waals surface area (Å²) in [6.07, 6.45) is 2.17. The number of nitrogens with zero attached hydrogens (tertiary/aromatic N) is 1. The molecular weight excluding hydrogens is 216 g/mol. The third kappa shape index (κ3) is 2.46. The smallest absolute Gasteiger partial charge is 0.253 e. The number of likely N-dealkylation sites (tertiary alicyclic amines) is 1. The number of carbonyl (C=O) groups is 2. The van der Waals surface area contributed by atoms with E-state index in [1.807, 2.05) is 4.90 Å². The van der Waals surface area contributed by atoms with Crippen molar-refractivity contribution in [3.8, 4) is 0 Å². The molecule has 0 spiro atoms. The van der Waals surface area contributed by atoms with Crippen molar-refractivity contribution in [3.05, 3.63) is 35.4 Å². The summed E-state index contributed by atoms with van der Waals surface area (Å²) in [6, 6.07) is 6.79. The lowest BCUT2D eigenvalue weighted by Gasteiger charge is -2.15. The van der Waals surface area contributed by atoms with Crippen LogP contribution in [0.2, 0.25) is 0 Å². The molecule has 90 valence electrons. The van der Waals surface area contributed by atoms with Gasteiger partial charge in [0, 0.05) is 31.3 Å². The standard InChI is InChI=1S/C13H16N2O2/c1-14-12(16)10-4-6-11(7-5-10)13(17)15-8-2-3-9-15/h4-7H,2-3,8-9H2,1H3,(H,14,16). The first kappa shape index (κ1) is 11.6. The number of benzene rings is 1. The highest BCUT2D eigenvalue weighted by Gasteiger charge is 2.19. The predicted molar refractivity (Wildman–Crippen MR) is 65.0 cm³/mol. The molecule has 0 radical (unpaired) electrons. The van der Waals surface area contributed by atoms with E-state index in [4.69, 9.17) is 0 Å². The quantitative estimate of drug-likeness (QED) is 0.835. The number of rotatable bonds is 2. The predicted octanol–water partition coefficient (Wildman–Crippen LogP) is 1.28. The monoisotopic (exact) mass is 232 g/mol. The molecular formula is C13H16N2O2. The van der Waals surface area contributed by atoms with Crippen molar-refractivity contribution in [2.24, 2.45) is 0 Å². The first-order chi connectivity index (χ1) is 8.22. The van der Waals surface area contributed by atoms with Crippen LogP contribution in [0.25, 0.3) is 0 Å². The Hall–Kier alpha value is -1.84. The van der Waals surface area contributed by atoms with Gasteiger partial charge in [0.2, 0.25) is 0 Å². The Bertz CT molecular complexity index is 420. The maximum absolute atomic E-state index is 12.0. The number of hydrogen-bond donors (Lipinski definition) is 1. The van der Waals surface area contributed by atoms with Gasteiger partial charge in [0.25, 0.3) is 11.8 Å². The van der Waals surface area contributed by atoms with Crippen molar-refractivity contribution in [2.45, 2.75) is 12.8 Å². The van der Waals surface area contributed by atoms with Crippen molar-refractivity contribution in [1.29, 1.82) is 0 Å². The van der Waals surface area contributed by atoms with E-state index in [-0.39, 0.29) is 11.8 Å². The number of nitrogens with one attached hydrogen (secondary N) is 1. The van der Waals surface area contributed by atoms with Gasteiger partial charge < -0.3 is 10.2 Å². The van der Waals surface area contributed by atoms with Crippen LogP contribution in [0.15, 0.2) is 24.3 Å². The lowest BCUT2D eigenvalue weighted by Crippen LogP contribution is -2.27. The summed E-state index contributed by atoms with van der Waals surface area (Å²) in [5.41, 5.74) is 1.23. The van der Waals surface area contributed by atoms with Gasteiger partial charge >= 0.3 is 0 Å². The van der Waals surface area contributed by atoms with Gasteiger partial charge in [-0.25, -0.2) is 0 Å². The molecule has 1 aromatic rings. The van der Waals surface area contributed by atoms with Gasteiger partial charge in [0.05, 0.1) is 0 Å². The molecule has 0 unspecified atom stereocenters. The Balaban J connectivity index is 2.11. The third-order valence-corrected chi connectivity index (χ3v) is 3.01. The number of hydrogen-bond acceptors (Lipinski definition) is 2. The molecule has 17 heavy (non-hydrogen) atoms. The molecule has 0 bridgehead atoms. The molecule has 4 heteroatoms. The van der Waals surface area contributed by atoms with Crippen molar-refractivity contribution < 1.29 is 9.59 Å². The molecule has 1 fully saturated rings. The summed E-state index contributed by atoms with van der Waals surface area (Å²) in [4.78, 5) is 25.2. The van der Waals surface area contributed by atoms with Crippen LogP contribution < -0.4 is 5.32 Å². The van der Waals surface area contributed by atoms with Gasteiger partial charge in [-0.3, -0.25) is 9.59 Å². The summed E-state index contributed by atoms with van der Waals surface area (Å²) < 4.78 is 0. The highest BCUT2D eigenvalue weighted by atomic mass is 16.2. The fourth-order valence-electron chi connectivity index (χ4n) is 2.01. The second-order valence-corrected chi connectivity index (χ2v) is 4.16. The Morgan fingerprint density at radius 2 is 1.59 bits per heavy atom. The second kappa shape index (κ2) is 4.99. The summed E-state index contributed by atoms with van der Waals surface area (Å²) in [6.45, 7) is 1.69. The van der Waals surface area contributed by atoms with Crippen molar-refractivity contribution >= 4 is 11.8 Å². The van der Waals surface area contributed by atoms with Gasteiger partial charge in [-0.15, -0.1) is 0 Å². The van der Waals surface area contributed by atoms with Crippen molar-refractivity contribution in [1.82, 2.24) is 10.2 Å². The number of amides is 2. The Labute approximate surface area is 101 Å². The molecule has 1 aliphatic heterocycles. The molecule has 2 rings (SSSR count). The fourth-order valence-corrected chi connectivity index (χ4v) is 2.01. The summed E-state index contributed by atoms with van der Waals surface area (Å²) in [5, 5.41) is 2.55. The van der Waals surface area contributed by atoms with Gasteiger partial charge in [-0.1, -0.05) is 0 Å². The zero-order chi connectivity index (χ0) is 12.3. The van der Waals surface area contributed by atoms with Gasteiger partial charge in [0.1, 0.15) is 0 Å². The van der Waals surface area contributed by atoms with E-state index >= 15 is 0 Å². The van der Waals surface area contributed by atoms with Crippen LogP contribution in [0.3, 0.4) is 0 Å². The molecule has 2 amide bonds. The Morgan fingerprint density at radius 1 is 1.06 bits per heavy atom. The highest BCUT2D eigenvalue weighted by Crippen LogP contribution is 2.13. The maximum Gasteiger partial charge on any atom is 0.253 e. The zero-order valence-corrected chi connectivity index (χ0v) is 9.90. The van der Waals surface area contributed by atoms with E-state index < -0.39 is 0 Å². The van der Waals surface area contributed by atoms with Gasteiger partial charge in [-0.05, 0) is 37.1 Å². The largest absolute Gasteiger partial charge is 0.355 e. The average Bonchev–Trinajstić information content (AvgIpc) is 2.91.